The second-order valence-electron chi connectivity index (χ2n) is 7.36. The fourth-order valence-electron chi connectivity index (χ4n) is 3.41. The van der Waals surface area contributed by atoms with Crippen molar-refractivity contribution in [2.75, 3.05) is 58.8 Å². The lowest BCUT2D eigenvalue weighted by Gasteiger charge is -2.33. The number of amides is 1. The van der Waals surface area contributed by atoms with Gasteiger partial charge in [0.2, 0.25) is 0 Å². The van der Waals surface area contributed by atoms with Crippen LogP contribution in [0.1, 0.15) is 17.3 Å². The summed E-state index contributed by atoms with van der Waals surface area (Å²) in [6, 6.07) is 9.06. The summed E-state index contributed by atoms with van der Waals surface area (Å²) in [6.07, 6.45) is 0. The van der Waals surface area contributed by atoms with E-state index in [1.54, 1.807) is 17.0 Å². The fraction of sp³-hybridized carbons (Fsp3) is 0.409. The molecule has 1 heterocycles. The van der Waals surface area contributed by atoms with Gasteiger partial charge in [-0.15, -0.1) is 0 Å². The van der Waals surface area contributed by atoms with Gasteiger partial charge in [-0.05, 0) is 44.3 Å². The third kappa shape index (κ3) is 5.25. The van der Waals surface area contributed by atoms with Gasteiger partial charge in [-0.1, -0.05) is 0 Å². The highest BCUT2D eigenvalue weighted by Crippen LogP contribution is 2.35. The van der Waals surface area contributed by atoms with E-state index in [2.05, 4.69) is 9.62 Å². The first-order valence-corrected chi connectivity index (χ1v) is 11.8. The Morgan fingerprint density at radius 2 is 1.59 bits per heavy atom. The molecule has 9 nitrogen and oxygen atoms in total. The van der Waals surface area contributed by atoms with E-state index in [4.69, 9.17) is 14.2 Å². The van der Waals surface area contributed by atoms with Crippen molar-refractivity contribution in [1.82, 2.24) is 9.80 Å². The van der Waals surface area contributed by atoms with Crippen molar-refractivity contribution in [3.8, 4) is 17.2 Å². The Balaban J connectivity index is 1.97. The molecule has 2 aromatic carbocycles. The number of carbonyl (C=O) groups is 1. The Bertz CT molecular complexity index is 1050. The zero-order valence-electron chi connectivity index (χ0n) is 18.8. The Morgan fingerprint density at radius 1 is 1.00 bits per heavy atom. The molecule has 1 saturated heterocycles. The molecule has 10 heteroatoms. The number of likely N-dealkylation sites (N-methyl/N-ethyl adjacent to an activating group) is 1. The molecule has 0 aliphatic carbocycles. The van der Waals surface area contributed by atoms with Crippen LogP contribution in [0.3, 0.4) is 0 Å². The number of ether oxygens (including phenoxy) is 3. The summed E-state index contributed by atoms with van der Waals surface area (Å²) in [5.41, 5.74) is 0.321. The molecule has 0 saturated carbocycles. The number of hydrogen-bond donors (Lipinski definition) is 1. The molecule has 0 bridgehead atoms. The van der Waals surface area contributed by atoms with E-state index in [9.17, 15) is 13.2 Å². The minimum Gasteiger partial charge on any atom is -0.494 e. The van der Waals surface area contributed by atoms with E-state index in [1.807, 2.05) is 14.0 Å². The number of piperazine rings is 1. The van der Waals surface area contributed by atoms with E-state index in [1.165, 1.54) is 38.5 Å². The van der Waals surface area contributed by atoms with Crippen LogP contribution in [0.5, 0.6) is 17.2 Å². The van der Waals surface area contributed by atoms with Crippen LogP contribution in [0.25, 0.3) is 0 Å². The van der Waals surface area contributed by atoms with Crippen molar-refractivity contribution in [3.05, 3.63) is 42.0 Å². The zero-order valence-corrected chi connectivity index (χ0v) is 19.6. The monoisotopic (exact) mass is 463 g/mol. The standard InChI is InChI=1S/C22H29N3O6S/c1-5-31-16-6-8-17(9-7-16)32(27,28)23-19-15-21(30-4)20(29-3)14-18(19)22(26)25-12-10-24(2)11-13-25/h6-9,14-15,23H,5,10-13H2,1-4H3. The summed E-state index contributed by atoms with van der Waals surface area (Å²) in [5, 5.41) is 0. The van der Waals surface area contributed by atoms with Gasteiger partial charge in [-0.25, -0.2) is 8.42 Å². The Hall–Kier alpha value is -2.98. The van der Waals surface area contributed by atoms with Crippen molar-refractivity contribution >= 4 is 21.6 Å². The molecule has 1 aliphatic heterocycles. The van der Waals surface area contributed by atoms with Gasteiger partial charge in [0.1, 0.15) is 5.75 Å². The van der Waals surface area contributed by atoms with Crippen LogP contribution in [-0.2, 0) is 10.0 Å². The van der Waals surface area contributed by atoms with Gasteiger partial charge in [0.25, 0.3) is 15.9 Å². The van der Waals surface area contributed by atoms with Crippen LogP contribution in [0, 0.1) is 0 Å². The first-order valence-electron chi connectivity index (χ1n) is 10.3. The summed E-state index contributed by atoms with van der Waals surface area (Å²) in [6.45, 7) is 4.91. The van der Waals surface area contributed by atoms with Gasteiger partial charge < -0.3 is 24.0 Å². The maximum atomic E-state index is 13.3. The molecular formula is C22H29N3O6S. The Labute approximate surface area is 188 Å². The molecule has 1 amide bonds. The largest absolute Gasteiger partial charge is 0.494 e. The number of nitrogens with one attached hydrogen (secondary N) is 1. The molecule has 1 N–H and O–H groups in total. The lowest BCUT2D eigenvalue weighted by Crippen LogP contribution is -2.47. The number of hydrogen-bond acceptors (Lipinski definition) is 7. The van der Waals surface area contributed by atoms with Crippen LogP contribution in [0.2, 0.25) is 0 Å². The molecule has 1 fully saturated rings. The van der Waals surface area contributed by atoms with Crippen molar-refractivity contribution in [2.45, 2.75) is 11.8 Å². The van der Waals surface area contributed by atoms with Crippen LogP contribution in [-0.4, -0.2) is 78.2 Å². The van der Waals surface area contributed by atoms with E-state index in [0.717, 1.165) is 13.1 Å². The summed E-state index contributed by atoms with van der Waals surface area (Å²) >= 11 is 0. The average Bonchev–Trinajstić information content (AvgIpc) is 2.79. The molecule has 1 aliphatic rings. The second kappa shape index (κ2) is 10.1. The topological polar surface area (TPSA) is 97.4 Å². The first kappa shape index (κ1) is 23.7. The smallest absolute Gasteiger partial charge is 0.261 e. The summed E-state index contributed by atoms with van der Waals surface area (Å²) in [7, 11) is 0.942. The maximum absolute atomic E-state index is 13.3. The predicted octanol–water partition coefficient (Wildman–Crippen LogP) is 2.29. The zero-order chi connectivity index (χ0) is 23.3. The van der Waals surface area contributed by atoms with Gasteiger partial charge in [-0.2, -0.15) is 0 Å². The highest BCUT2D eigenvalue weighted by molar-refractivity contribution is 7.92. The molecule has 0 aromatic heterocycles. The molecule has 0 atom stereocenters. The van der Waals surface area contributed by atoms with Crippen LogP contribution in [0.4, 0.5) is 5.69 Å². The average molecular weight is 464 g/mol. The Kier molecular flexibility index (Phi) is 7.47. The SMILES string of the molecule is CCOc1ccc(S(=O)(=O)Nc2cc(OC)c(OC)cc2C(=O)N2CCN(C)CC2)cc1. The third-order valence-electron chi connectivity index (χ3n) is 5.23. The minimum absolute atomic E-state index is 0.0498. The number of benzene rings is 2. The molecule has 2 aromatic rings. The normalized spacial score (nSPS) is 14.7. The van der Waals surface area contributed by atoms with E-state index >= 15 is 0 Å². The van der Waals surface area contributed by atoms with E-state index in [-0.39, 0.29) is 22.1 Å². The van der Waals surface area contributed by atoms with Gasteiger partial charge in [-0.3, -0.25) is 9.52 Å². The second-order valence-corrected chi connectivity index (χ2v) is 9.04. The molecule has 174 valence electrons. The van der Waals surface area contributed by atoms with E-state index < -0.39 is 10.0 Å². The molecule has 0 spiro atoms. The van der Waals surface area contributed by atoms with Crippen molar-refractivity contribution in [1.29, 1.82) is 0 Å². The fourth-order valence-corrected chi connectivity index (χ4v) is 4.48. The lowest BCUT2D eigenvalue weighted by molar-refractivity contribution is 0.0664. The number of methoxy groups -OCH3 is 2. The maximum Gasteiger partial charge on any atom is 0.261 e. The molecule has 3 rings (SSSR count). The van der Waals surface area contributed by atoms with Crippen molar-refractivity contribution in [3.63, 3.8) is 0 Å². The summed E-state index contributed by atoms with van der Waals surface area (Å²) < 4.78 is 44.7. The first-order chi connectivity index (χ1) is 15.3. The lowest BCUT2D eigenvalue weighted by atomic mass is 10.1. The number of carbonyl (C=O) groups excluding carboxylic acids is 1. The number of sulfonamides is 1. The van der Waals surface area contributed by atoms with Crippen molar-refractivity contribution in [2.24, 2.45) is 0 Å². The quantitative estimate of drug-likeness (QED) is 0.641. The van der Waals surface area contributed by atoms with E-state index in [0.29, 0.717) is 36.9 Å². The van der Waals surface area contributed by atoms with Gasteiger partial charge in [0, 0.05) is 32.2 Å². The molecule has 0 unspecified atom stereocenters. The summed E-state index contributed by atoms with van der Waals surface area (Å²) in [5.74, 6) is 0.952. The van der Waals surface area contributed by atoms with Gasteiger partial charge in [0.15, 0.2) is 11.5 Å². The molecular weight excluding hydrogens is 434 g/mol. The number of rotatable bonds is 8. The minimum atomic E-state index is -3.97. The van der Waals surface area contributed by atoms with Crippen LogP contribution >= 0.6 is 0 Å². The molecule has 32 heavy (non-hydrogen) atoms. The summed E-state index contributed by atoms with van der Waals surface area (Å²) in [4.78, 5) is 17.2. The van der Waals surface area contributed by atoms with Gasteiger partial charge in [0.05, 0.1) is 37.0 Å². The van der Waals surface area contributed by atoms with Crippen LogP contribution in [0.15, 0.2) is 41.3 Å². The predicted molar refractivity (Wildman–Crippen MR) is 121 cm³/mol. The Morgan fingerprint density at radius 3 is 2.16 bits per heavy atom. The highest BCUT2D eigenvalue weighted by Gasteiger charge is 2.27. The molecule has 0 radical (unpaired) electrons. The van der Waals surface area contributed by atoms with Crippen molar-refractivity contribution < 1.29 is 27.4 Å². The third-order valence-corrected chi connectivity index (χ3v) is 6.62. The highest BCUT2D eigenvalue weighted by atomic mass is 32.2. The van der Waals surface area contributed by atoms with Gasteiger partial charge >= 0.3 is 0 Å². The van der Waals surface area contributed by atoms with Crippen LogP contribution < -0.4 is 18.9 Å². The number of nitrogens with zero attached hydrogens (tertiary/aromatic N) is 2. The number of anilines is 1.